The van der Waals surface area contributed by atoms with Crippen LogP contribution in [0.1, 0.15) is 28.8 Å². The quantitative estimate of drug-likeness (QED) is 0.339. The van der Waals surface area contributed by atoms with Crippen molar-refractivity contribution >= 4 is 62.5 Å². The Labute approximate surface area is 223 Å². The summed E-state index contributed by atoms with van der Waals surface area (Å²) in [5, 5.41) is -0.155. The molecule has 186 valence electrons. The van der Waals surface area contributed by atoms with Crippen LogP contribution in [0.25, 0.3) is 0 Å². The molecule has 2 aromatic carbocycles. The average molecular weight is 589 g/mol. The number of halogens is 1. The number of hydrogen-bond donors (Lipinski definition) is 1. The minimum atomic E-state index is -0.762. The number of rotatable bonds is 6. The number of aromatic amines is 1. The molecule has 2 unspecified atom stereocenters. The number of nitrogens with zero attached hydrogens (tertiary/aromatic N) is 1. The first kappa shape index (κ1) is 24.8. The fourth-order valence-corrected chi connectivity index (χ4v) is 7.42. The van der Waals surface area contributed by atoms with Crippen molar-refractivity contribution in [3.05, 3.63) is 72.6 Å². The largest absolute Gasteiger partial charge is 0.482 e. The van der Waals surface area contributed by atoms with E-state index in [2.05, 4.69) is 20.9 Å². The number of anilines is 1. The number of carbonyl (C=O) groups is 3. The zero-order valence-corrected chi connectivity index (χ0v) is 22.5. The summed E-state index contributed by atoms with van der Waals surface area (Å²) >= 11 is 5.71. The fourth-order valence-electron chi connectivity index (χ4n) is 4.53. The Morgan fingerprint density at radius 3 is 2.58 bits per heavy atom. The molecule has 1 fully saturated rings. The van der Waals surface area contributed by atoms with Crippen molar-refractivity contribution in [1.29, 1.82) is 0 Å². The smallest absolute Gasteiger partial charge is 0.344 e. The van der Waals surface area contributed by atoms with Crippen LogP contribution in [0, 0.1) is 12.8 Å². The van der Waals surface area contributed by atoms with E-state index in [-0.39, 0.29) is 29.9 Å². The van der Waals surface area contributed by atoms with Gasteiger partial charge in [-0.3, -0.25) is 14.4 Å². The number of thiazole rings is 1. The molecule has 2 aliphatic heterocycles. The first-order chi connectivity index (χ1) is 17.3. The van der Waals surface area contributed by atoms with Crippen molar-refractivity contribution in [1.82, 2.24) is 4.98 Å². The first-order valence-corrected chi connectivity index (χ1v) is 13.7. The van der Waals surface area contributed by atoms with Gasteiger partial charge in [-0.15, -0.1) is 0 Å². The van der Waals surface area contributed by atoms with Gasteiger partial charge in [0.05, 0.1) is 23.2 Å². The van der Waals surface area contributed by atoms with Gasteiger partial charge in [-0.1, -0.05) is 56.7 Å². The summed E-state index contributed by atoms with van der Waals surface area (Å²) in [6.07, 6.45) is 0. The molecular weight excluding hydrogens is 568 g/mol. The van der Waals surface area contributed by atoms with Crippen LogP contribution in [-0.2, 0) is 19.1 Å². The van der Waals surface area contributed by atoms with Gasteiger partial charge in [0.15, 0.2) is 6.61 Å². The second kappa shape index (κ2) is 9.87. The third-order valence-electron chi connectivity index (χ3n) is 6.07. The van der Waals surface area contributed by atoms with Gasteiger partial charge in [0.25, 0.3) is 0 Å². The Morgan fingerprint density at radius 1 is 1.11 bits per heavy atom. The minimum absolute atomic E-state index is 0.227. The number of H-pyrrole nitrogens is 1. The van der Waals surface area contributed by atoms with Gasteiger partial charge in [0, 0.05) is 20.8 Å². The van der Waals surface area contributed by atoms with E-state index in [1.165, 1.54) is 16.7 Å². The lowest BCUT2D eigenvalue weighted by atomic mass is 9.82. The van der Waals surface area contributed by atoms with Gasteiger partial charge in [0.2, 0.25) is 11.8 Å². The Morgan fingerprint density at radius 2 is 1.86 bits per heavy atom. The maximum atomic E-state index is 13.9. The molecule has 3 aromatic rings. The first-order valence-electron chi connectivity index (χ1n) is 11.2. The molecule has 0 saturated carbocycles. The molecule has 0 spiro atoms. The van der Waals surface area contributed by atoms with Crippen LogP contribution >= 0.6 is 39.0 Å². The number of nitrogens with one attached hydrogen (secondary N) is 1. The molecule has 2 amide bonds. The summed E-state index contributed by atoms with van der Waals surface area (Å²) in [4.78, 5) is 56.2. The number of amides is 2. The molecule has 11 heteroatoms. The second-order valence-electron chi connectivity index (χ2n) is 8.37. The Kier molecular flexibility index (Phi) is 6.80. The second-order valence-corrected chi connectivity index (χ2v) is 11.5. The van der Waals surface area contributed by atoms with E-state index < -0.39 is 23.1 Å². The van der Waals surface area contributed by atoms with Crippen LogP contribution in [0.15, 0.2) is 56.8 Å². The molecule has 36 heavy (non-hydrogen) atoms. The molecule has 1 saturated heterocycles. The number of aryl methyl sites for hydroxylation is 1. The number of hydrogen-bond acceptors (Lipinski definition) is 8. The SMILES string of the molecule is CCOC(=O)COc1ccc(Br)cc1[C@H]1c2sc(=O)[nH]c2SC2C(=O)N(c3ccc(C)cc3)C(=O)C21. The molecule has 1 aromatic heterocycles. The van der Waals surface area contributed by atoms with Crippen molar-refractivity contribution < 1.29 is 23.9 Å². The van der Waals surface area contributed by atoms with Gasteiger partial charge in [-0.25, -0.2) is 9.69 Å². The molecule has 0 radical (unpaired) electrons. The molecular formula is C25H21BrN2O6S2. The normalized spacial score (nSPS) is 20.8. The number of esters is 1. The fraction of sp³-hybridized carbons (Fsp3) is 0.280. The predicted molar refractivity (Wildman–Crippen MR) is 140 cm³/mol. The molecule has 8 nitrogen and oxygen atoms in total. The van der Waals surface area contributed by atoms with E-state index in [0.29, 0.717) is 26.9 Å². The highest BCUT2D eigenvalue weighted by molar-refractivity contribution is 9.10. The van der Waals surface area contributed by atoms with Gasteiger partial charge in [-0.05, 0) is 44.2 Å². The Hall–Kier alpha value is -2.89. The monoisotopic (exact) mass is 588 g/mol. The Bertz CT molecular complexity index is 1420. The molecule has 5 rings (SSSR count). The zero-order valence-electron chi connectivity index (χ0n) is 19.3. The van der Waals surface area contributed by atoms with Crippen LogP contribution in [-0.4, -0.2) is 41.2 Å². The lowest BCUT2D eigenvalue weighted by molar-refractivity contribution is -0.145. The molecule has 3 heterocycles. The highest BCUT2D eigenvalue weighted by Gasteiger charge is 2.56. The van der Waals surface area contributed by atoms with E-state index in [0.717, 1.165) is 21.4 Å². The summed E-state index contributed by atoms with van der Waals surface area (Å²) < 4.78 is 11.5. The summed E-state index contributed by atoms with van der Waals surface area (Å²) in [5.41, 5.74) is 2.13. The molecule has 0 aliphatic carbocycles. The maximum absolute atomic E-state index is 13.9. The van der Waals surface area contributed by atoms with Crippen molar-refractivity contribution in [2.24, 2.45) is 5.92 Å². The summed E-state index contributed by atoms with van der Waals surface area (Å²) in [6.45, 7) is 3.56. The molecule has 3 atom stereocenters. The number of ether oxygens (including phenoxy) is 2. The van der Waals surface area contributed by atoms with Gasteiger partial charge in [-0.2, -0.15) is 0 Å². The van der Waals surface area contributed by atoms with Crippen LogP contribution in [0.4, 0.5) is 5.69 Å². The number of fused-ring (bicyclic) bond motifs is 2. The standard InChI is InChI=1S/C25H21BrN2O6S2/c1-3-33-17(29)11-34-16-9-6-13(26)10-15(16)18-19-21(35-22-20(18)36-25(32)27-22)24(31)28(23(19)30)14-7-4-12(2)5-8-14/h4-10,18-19,21H,3,11H2,1-2H3,(H,27,32)/t18-,19?,21?/m1/s1. The minimum Gasteiger partial charge on any atom is -0.482 e. The van der Waals surface area contributed by atoms with E-state index >= 15 is 0 Å². The molecule has 0 bridgehead atoms. The lowest BCUT2D eigenvalue weighted by Gasteiger charge is -2.31. The van der Waals surface area contributed by atoms with Gasteiger partial charge < -0.3 is 14.5 Å². The topological polar surface area (TPSA) is 106 Å². The summed E-state index contributed by atoms with van der Waals surface area (Å²) in [5.74, 6) is -2.20. The van der Waals surface area contributed by atoms with Gasteiger partial charge in [0.1, 0.15) is 11.0 Å². The average Bonchev–Trinajstić information content (AvgIpc) is 3.33. The lowest BCUT2D eigenvalue weighted by Crippen LogP contribution is -2.32. The van der Waals surface area contributed by atoms with E-state index in [1.807, 2.05) is 19.1 Å². The maximum Gasteiger partial charge on any atom is 0.344 e. The van der Waals surface area contributed by atoms with E-state index in [9.17, 15) is 19.2 Å². The number of thioether (sulfide) groups is 1. The highest BCUT2D eigenvalue weighted by atomic mass is 79.9. The van der Waals surface area contributed by atoms with Crippen LogP contribution in [0.5, 0.6) is 5.75 Å². The summed E-state index contributed by atoms with van der Waals surface area (Å²) in [7, 11) is 0. The molecule has 1 N–H and O–H groups in total. The number of benzene rings is 2. The van der Waals surface area contributed by atoms with Crippen molar-refractivity contribution in [3.63, 3.8) is 0 Å². The van der Waals surface area contributed by atoms with Crippen LogP contribution < -0.4 is 14.5 Å². The third-order valence-corrected chi connectivity index (χ3v) is 8.97. The van der Waals surface area contributed by atoms with Crippen molar-refractivity contribution in [3.8, 4) is 5.75 Å². The van der Waals surface area contributed by atoms with Crippen molar-refractivity contribution in [2.75, 3.05) is 18.1 Å². The molecule has 2 aliphatic rings. The van der Waals surface area contributed by atoms with Crippen LogP contribution in [0.2, 0.25) is 0 Å². The third kappa shape index (κ3) is 4.39. The van der Waals surface area contributed by atoms with Gasteiger partial charge >= 0.3 is 10.8 Å². The van der Waals surface area contributed by atoms with Crippen LogP contribution in [0.3, 0.4) is 0 Å². The van der Waals surface area contributed by atoms with E-state index in [4.69, 9.17) is 9.47 Å². The zero-order chi connectivity index (χ0) is 25.6. The van der Waals surface area contributed by atoms with E-state index in [1.54, 1.807) is 37.3 Å². The predicted octanol–water partition coefficient (Wildman–Crippen LogP) is 4.25. The van der Waals surface area contributed by atoms with Crippen molar-refractivity contribution in [2.45, 2.75) is 30.0 Å². The highest BCUT2D eigenvalue weighted by Crippen LogP contribution is 2.54. The number of aromatic nitrogens is 1. The number of imide groups is 1. The number of carbonyl (C=O) groups excluding carboxylic acids is 3. The Balaban J connectivity index is 1.61. The summed E-state index contributed by atoms with van der Waals surface area (Å²) in [6, 6.07) is 12.5.